The number of likely N-dealkylation sites (N-methyl/N-ethyl adjacent to an activating group) is 1. The number of ether oxygens (including phenoxy) is 1. The Morgan fingerprint density at radius 2 is 2.26 bits per heavy atom. The number of guanidine groups is 1. The summed E-state index contributed by atoms with van der Waals surface area (Å²) in [5.74, 6) is 0.537. The van der Waals surface area contributed by atoms with Crippen molar-refractivity contribution in [2.45, 2.75) is 12.5 Å². The van der Waals surface area contributed by atoms with E-state index in [1.54, 1.807) is 11.3 Å². The molecule has 6 nitrogen and oxygen atoms in total. The molecule has 130 valence electrons. The van der Waals surface area contributed by atoms with Crippen LogP contribution in [0.5, 0.6) is 0 Å². The second kappa shape index (κ2) is 9.87. The van der Waals surface area contributed by atoms with Crippen LogP contribution in [-0.2, 0) is 4.74 Å². The Morgan fingerprint density at radius 3 is 2.91 bits per heavy atom. The van der Waals surface area contributed by atoms with Crippen LogP contribution in [0.3, 0.4) is 0 Å². The topological polar surface area (TPSA) is 66.1 Å². The molecule has 7 heteroatoms. The van der Waals surface area contributed by atoms with Gasteiger partial charge in [-0.25, -0.2) is 0 Å². The Kier molecular flexibility index (Phi) is 7.81. The maximum atomic E-state index is 5.98. The zero-order chi connectivity index (χ0) is 16.5. The second-order valence-corrected chi connectivity index (χ2v) is 6.93. The van der Waals surface area contributed by atoms with Crippen molar-refractivity contribution >= 4 is 17.3 Å². The van der Waals surface area contributed by atoms with E-state index in [1.807, 2.05) is 0 Å². The Labute approximate surface area is 143 Å². The van der Waals surface area contributed by atoms with Crippen molar-refractivity contribution in [3.05, 3.63) is 22.4 Å². The molecule has 0 aliphatic carbocycles. The number of aliphatic imine (C=N–C) groups is 1. The third-order valence-corrected chi connectivity index (χ3v) is 4.96. The second-order valence-electron chi connectivity index (χ2n) is 5.96. The largest absolute Gasteiger partial charge is 0.379 e. The first-order chi connectivity index (χ1) is 11.2. The molecular formula is C16H29N5OS. The lowest BCUT2D eigenvalue weighted by Crippen LogP contribution is -2.39. The van der Waals surface area contributed by atoms with Crippen molar-refractivity contribution in [1.82, 2.24) is 15.1 Å². The van der Waals surface area contributed by atoms with Crippen LogP contribution in [0.1, 0.15) is 17.3 Å². The molecule has 1 unspecified atom stereocenters. The molecule has 1 aromatic heterocycles. The van der Waals surface area contributed by atoms with Gasteiger partial charge in [0, 0.05) is 24.5 Å². The van der Waals surface area contributed by atoms with Gasteiger partial charge in [0.15, 0.2) is 5.96 Å². The zero-order valence-electron chi connectivity index (χ0n) is 14.2. The summed E-state index contributed by atoms with van der Waals surface area (Å²) >= 11 is 1.76. The standard InChI is InChI=1S/C16H29N5OS/c1-20(2)14(15-5-3-12-23-15)13-19-16(17)18-6-4-7-21-8-10-22-11-9-21/h3,5,12,14H,4,6-11,13H2,1-2H3,(H3,17,18,19). The lowest BCUT2D eigenvalue weighted by Gasteiger charge is -2.26. The van der Waals surface area contributed by atoms with Crippen LogP contribution < -0.4 is 11.1 Å². The van der Waals surface area contributed by atoms with E-state index in [0.717, 1.165) is 45.8 Å². The maximum Gasteiger partial charge on any atom is 0.188 e. The molecule has 0 amide bonds. The summed E-state index contributed by atoms with van der Waals surface area (Å²) in [5.41, 5.74) is 5.98. The average molecular weight is 340 g/mol. The molecule has 23 heavy (non-hydrogen) atoms. The van der Waals surface area contributed by atoms with E-state index in [-0.39, 0.29) is 6.04 Å². The van der Waals surface area contributed by atoms with Crippen LogP contribution in [0.4, 0.5) is 0 Å². The zero-order valence-corrected chi connectivity index (χ0v) is 15.0. The van der Waals surface area contributed by atoms with Gasteiger partial charge in [0.05, 0.1) is 25.8 Å². The Bertz CT molecular complexity index is 457. The van der Waals surface area contributed by atoms with Crippen molar-refractivity contribution in [3.8, 4) is 0 Å². The van der Waals surface area contributed by atoms with Gasteiger partial charge in [0.1, 0.15) is 0 Å². The summed E-state index contributed by atoms with van der Waals surface area (Å²) in [6.07, 6.45) is 1.07. The van der Waals surface area contributed by atoms with Crippen molar-refractivity contribution in [3.63, 3.8) is 0 Å². The van der Waals surface area contributed by atoms with E-state index in [0.29, 0.717) is 12.5 Å². The molecular weight excluding hydrogens is 310 g/mol. The Balaban J connectivity index is 1.67. The number of nitrogens with zero attached hydrogens (tertiary/aromatic N) is 3. The first-order valence-electron chi connectivity index (χ1n) is 8.20. The Morgan fingerprint density at radius 1 is 1.48 bits per heavy atom. The van der Waals surface area contributed by atoms with Gasteiger partial charge >= 0.3 is 0 Å². The normalized spacial score (nSPS) is 18.3. The predicted molar refractivity (Wildman–Crippen MR) is 97.1 cm³/mol. The number of thiophene rings is 1. The van der Waals surface area contributed by atoms with Gasteiger partial charge in [-0.1, -0.05) is 6.07 Å². The molecule has 2 rings (SSSR count). The molecule has 1 atom stereocenters. The van der Waals surface area contributed by atoms with Crippen molar-refractivity contribution in [1.29, 1.82) is 0 Å². The minimum absolute atomic E-state index is 0.281. The van der Waals surface area contributed by atoms with Crippen molar-refractivity contribution in [2.24, 2.45) is 10.7 Å². The first kappa shape index (κ1) is 18.2. The SMILES string of the molecule is CN(C)C(CN=C(N)NCCCN1CCOCC1)c1cccs1. The average Bonchev–Trinajstić information content (AvgIpc) is 3.06. The fourth-order valence-electron chi connectivity index (χ4n) is 2.57. The summed E-state index contributed by atoms with van der Waals surface area (Å²) in [7, 11) is 4.15. The molecule has 2 heterocycles. The van der Waals surface area contributed by atoms with E-state index in [1.165, 1.54) is 4.88 Å². The van der Waals surface area contributed by atoms with Crippen LogP contribution in [0, 0.1) is 0 Å². The quantitative estimate of drug-likeness (QED) is 0.420. The molecule has 0 radical (unpaired) electrons. The molecule has 1 aliphatic heterocycles. The van der Waals surface area contributed by atoms with E-state index >= 15 is 0 Å². The summed E-state index contributed by atoms with van der Waals surface area (Å²) in [6, 6.07) is 4.51. The summed E-state index contributed by atoms with van der Waals surface area (Å²) in [6.45, 7) is 6.40. The van der Waals surface area contributed by atoms with E-state index in [9.17, 15) is 0 Å². The monoisotopic (exact) mass is 339 g/mol. The van der Waals surface area contributed by atoms with Crippen LogP contribution in [0.15, 0.2) is 22.5 Å². The van der Waals surface area contributed by atoms with Gasteiger partial charge in [-0.15, -0.1) is 11.3 Å². The van der Waals surface area contributed by atoms with E-state index in [4.69, 9.17) is 10.5 Å². The lowest BCUT2D eigenvalue weighted by atomic mass is 10.2. The van der Waals surface area contributed by atoms with Gasteiger partial charge in [0.25, 0.3) is 0 Å². The molecule has 1 saturated heterocycles. The number of nitrogens with one attached hydrogen (secondary N) is 1. The lowest BCUT2D eigenvalue weighted by molar-refractivity contribution is 0.0376. The fourth-order valence-corrected chi connectivity index (χ4v) is 3.49. The highest BCUT2D eigenvalue weighted by molar-refractivity contribution is 7.10. The number of rotatable bonds is 8. The highest BCUT2D eigenvalue weighted by Gasteiger charge is 2.14. The number of hydrogen-bond acceptors (Lipinski definition) is 5. The predicted octanol–water partition coefficient (Wildman–Crippen LogP) is 0.977. The van der Waals surface area contributed by atoms with Crippen LogP contribution in [0.2, 0.25) is 0 Å². The molecule has 1 fully saturated rings. The molecule has 0 saturated carbocycles. The fraction of sp³-hybridized carbons (Fsp3) is 0.688. The molecule has 3 N–H and O–H groups in total. The van der Waals surface area contributed by atoms with Gasteiger partial charge in [-0.05, 0) is 38.5 Å². The maximum absolute atomic E-state index is 5.98. The van der Waals surface area contributed by atoms with Gasteiger partial charge in [-0.2, -0.15) is 0 Å². The highest BCUT2D eigenvalue weighted by Crippen LogP contribution is 2.23. The van der Waals surface area contributed by atoms with Crippen LogP contribution in [-0.4, -0.2) is 75.8 Å². The van der Waals surface area contributed by atoms with Gasteiger partial charge in [0.2, 0.25) is 0 Å². The number of morpholine rings is 1. The number of nitrogens with two attached hydrogens (primary N) is 1. The minimum Gasteiger partial charge on any atom is -0.379 e. The summed E-state index contributed by atoms with van der Waals surface area (Å²) < 4.78 is 5.35. The number of hydrogen-bond donors (Lipinski definition) is 2. The van der Waals surface area contributed by atoms with Crippen LogP contribution >= 0.6 is 11.3 Å². The van der Waals surface area contributed by atoms with Crippen LogP contribution in [0.25, 0.3) is 0 Å². The molecule has 1 aromatic rings. The smallest absolute Gasteiger partial charge is 0.188 e. The van der Waals surface area contributed by atoms with Crippen molar-refractivity contribution in [2.75, 3.05) is 60.0 Å². The molecule has 1 aliphatic rings. The molecule has 0 aromatic carbocycles. The molecule has 0 spiro atoms. The van der Waals surface area contributed by atoms with Gasteiger partial charge in [-0.3, -0.25) is 9.89 Å². The summed E-state index contributed by atoms with van der Waals surface area (Å²) in [5, 5.41) is 5.32. The first-order valence-corrected chi connectivity index (χ1v) is 9.08. The van der Waals surface area contributed by atoms with Gasteiger partial charge < -0.3 is 20.7 Å². The third kappa shape index (κ3) is 6.47. The highest BCUT2D eigenvalue weighted by atomic mass is 32.1. The van der Waals surface area contributed by atoms with E-state index in [2.05, 4.69) is 51.7 Å². The Hall–Kier alpha value is -1.15. The van der Waals surface area contributed by atoms with Crippen molar-refractivity contribution < 1.29 is 4.74 Å². The third-order valence-electron chi connectivity index (χ3n) is 3.99. The van der Waals surface area contributed by atoms with E-state index < -0.39 is 0 Å². The minimum atomic E-state index is 0.281. The molecule has 0 bridgehead atoms. The summed E-state index contributed by atoms with van der Waals surface area (Å²) in [4.78, 5) is 10.4.